The van der Waals surface area contributed by atoms with E-state index < -0.39 is 6.04 Å². The van der Waals surface area contributed by atoms with Gasteiger partial charge in [0.15, 0.2) is 11.5 Å². The molecular weight excluding hydrogens is 388 g/mol. The number of esters is 1. The van der Waals surface area contributed by atoms with Gasteiger partial charge in [-0.15, -0.1) is 0 Å². The topological polar surface area (TPSA) is 85.4 Å². The molecule has 0 saturated carbocycles. The van der Waals surface area contributed by atoms with E-state index in [4.69, 9.17) is 14.2 Å². The van der Waals surface area contributed by atoms with Crippen LogP contribution in [0.1, 0.15) is 49.4 Å². The van der Waals surface area contributed by atoms with Crippen LogP contribution in [0, 0.1) is 0 Å². The molecule has 2 aliphatic rings. The summed E-state index contributed by atoms with van der Waals surface area (Å²) in [6.07, 6.45) is 3.95. The SMILES string of the molecule is COC(=O)C1CCCCN1C(=O)c1ccc(OC2CCCN(C(C)=O)C2)c(OC)c1. The molecule has 0 aliphatic carbocycles. The molecule has 0 N–H and O–H groups in total. The van der Waals surface area contributed by atoms with E-state index in [1.807, 2.05) is 0 Å². The Kier molecular flexibility index (Phi) is 7.18. The predicted octanol–water partition coefficient (Wildman–Crippen LogP) is 2.25. The molecule has 1 aromatic carbocycles. The summed E-state index contributed by atoms with van der Waals surface area (Å²) in [6.45, 7) is 3.36. The van der Waals surface area contributed by atoms with Gasteiger partial charge in [0, 0.05) is 25.6 Å². The zero-order valence-electron chi connectivity index (χ0n) is 17.9. The standard InChI is InChI=1S/C22H30N2O6/c1-15(25)23-11-6-7-17(14-23)30-19-10-9-16(13-20(19)28-2)21(26)24-12-5-4-8-18(24)22(27)29-3/h9-10,13,17-18H,4-8,11-12,14H2,1-3H3. The Morgan fingerprint density at radius 1 is 1.00 bits per heavy atom. The van der Waals surface area contributed by atoms with Gasteiger partial charge in [-0.1, -0.05) is 0 Å². The molecule has 2 amide bonds. The van der Waals surface area contributed by atoms with Crippen molar-refractivity contribution in [1.29, 1.82) is 0 Å². The number of rotatable bonds is 5. The van der Waals surface area contributed by atoms with Gasteiger partial charge < -0.3 is 24.0 Å². The van der Waals surface area contributed by atoms with Gasteiger partial charge in [0.2, 0.25) is 5.91 Å². The molecular formula is C22H30N2O6. The monoisotopic (exact) mass is 418 g/mol. The molecule has 0 spiro atoms. The maximum absolute atomic E-state index is 13.1. The van der Waals surface area contributed by atoms with Crippen molar-refractivity contribution in [2.24, 2.45) is 0 Å². The first-order valence-electron chi connectivity index (χ1n) is 10.4. The molecule has 0 radical (unpaired) electrons. The van der Waals surface area contributed by atoms with Crippen LogP contribution < -0.4 is 9.47 Å². The fourth-order valence-corrected chi connectivity index (χ4v) is 4.12. The van der Waals surface area contributed by atoms with Crippen LogP contribution in [0.2, 0.25) is 0 Å². The number of carbonyl (C=O) groups excluding carboxylic acids is 3. The number of methoxy groups -OCH3 is 2. The maximum Gasteiger partial charge on any atom is 0.328 e. The molecule has 2 aliphatic heterocycles. The van der Waals surface area contributed by atoms with Gasteiger partial charge >= 0.3 is 5.97 Å². The number of carbonyl (C=O) groups is 3. The normalized spacial score (nSPS) is 21.7. The van der Waals surface area contributed by atoms with Crippen LogP contribution in [0.25, 0.3) is 0 Å². The van der Waals surface area contributed by atoms with Crippen molar-refractivity contribution in [3.63, 3.8) is 0 Å². The lowest BCUT2D eigenvalue weighted by molar-refractivity contribution is -0.147. The molecule has 3 rings (SSSR count). The first-order valence-corrected chi connectivity index (χ1v) is 10.4. The number of ether oxygens (including phenoxy) is 3. The second-order valence-corrected chi connectivity index (χ2v) is 7.75. The van der Waals surface area contributed by atoms with Gasteiger partial charge in [0.1, 0.15) is 12.1 Å². The highest BCUT2D eigenvalue weighted by Crippen LogP contribution is 2.32. The van der Waals surface area contributed by atoms with Crippen LogP contribution in [0.4, 0.5) is 0 Å². The number of nitrogens with zero attached hydrogens (tertiary/aromatic N) is 2. The molecule has 2 atom stereocenters. The van der Waals surface area contributed by atoms with Crippen molar-refractivity contribution >= 4 is 17.8 Å². The van der Waals surface area contributed by atoms with E-state index >= 15 is 0 Å². The van der Waals surface area contributed by atoms with E-state index in [1.54, 1.807) is 34.9 Å². The minimum absolute atomic E-state index is 0.0397. The summed E-state index contributed by atoms with van der Waals surface area (Å²) in [5, 5.41) is 0. The number of hydrogen-bond donors (Lipinski definition) is 0. The molecule has 2 saturated heterocycles. The Balaban J connectivity index is 1.75. The minimum atomic E-state index is -0.557. The highest BCUT2D eigenvalue weighted by Gasteiger charge is 2.33. The number of amides is 2. The molecule has 2 fully saturated rings. The van der Waals surface area contributed by atoms with Gasteiger partial charge in [-0.05, 0) is 50.3 Å². The second-order valence-electron chi connectivity index (χ2n) is 7.75. The third-order valence-electron chi connectivity index (χ3n) is 5.76. The van der Waals surface area contributed by atoms with E-state index in [9.17, 15) is 14.4 Å². The quantitative estimate of drug-likeness (QED) is 0.682. The predicted molar refractivity (Wildman–Crippen MR) is 110 cm³/mol. The van der Waals surface area contributed by atoms with E-state index in [0.717, 1.165) is 32.2 Å². The second kappa shape index (κ2) is 9.82. The van der Waals surface area contributed by atoms with Crippen LogP contribution in [-0.4, -0.2) is 73.6 Å². The lowest BCUT2D eigenvalue weighted by atomic mass is 10.0. The van der Waals surface area contributed by atoms with Crippen LogP contribution in [0.15, 0.2) is 18.2 Å². The van der Waals surface area contributed by atoms with Gasteiger partial charge in [-0.2, -0.15) is 0 Å². The summed E-state index contributed by atoms with van der Waals surface area (Å²) >= 11 is 0. The van der Waals surface area contributed by atoms with E-state index in [-0.39, 0.29) is 23.9 Å². The van der Waals surface area contributed by atoms with Crippen molar-refractivity contribution in [2.75, 3.05) is 33.9 Å². The largest absolute Gasteiger partial charge is 0.493 e. The summed E-state index contributed by atoms with van der Waals surface area (Å²) in [4.78, 5) is 40.2. The lowest BCUT2D eigenvalue weighted by Crippen LogP contribution is -2.48. The Bertz CT molecular complexity index is 796. The molecule has 2 unspecified atom stereocenters. The van der Waals surface area contributed by atoms with Crippen LogP contribution in [0.3, 0.4) is 0 Å². The van der Waals surface area contributed by atoms with Crippen LogP contribution in [-0.2, 0) is 14.3 Å². The van der Waals surface area contributed by atoms with Gasteiger partial charge in [0.25, 0.3) is 5.91 Å². The summed E-state index contributed by atoms with van der Waals surface area (Å²) in [7, 11) is 2.87. The van der Waals surface area contributed by atoms with Gasteiger partial charge in [-0.3, -0.25) is 9.59 Å². The van der Waals surface area contributed by atoms with E-state index in [2.05, 4.69) is 0 Å². The average molecular weight is 418 g/mol. The number of likely N-dealkylation sites (tertiary alicyclic amines) is 2. The number of hydrogen-bond acceptors (Lipinski definition) is 6. The highest BCUT2D eigenvalue weighted by atomic mass is 16.5. The Hall–Kier alpha value is -2.77. The Morgan fingerprint density at radius 2 is 1.80 bits per heavy atom. The van der Waals surface area contributed by atoms with Crippen molar-refractivity contribution in [1.82, 2.24) is 9.80 Å². The molecule has 8 nitrogen and oxygen atoms in total. The van der Waals surface area contributed by atoms with Gasteiger partial charge in [0.05, 0.1) is 20.8 Å². The molecule has 164 valence electrons. The zero-order chi connectivity index (χ0) is 21.7. The third-order valence-corrected chi connectivity index (χ3v) is 5.76. The smallest absolute Gasteiger partial charge is 0.328 e. The highest BCUT2D eigenvalue weighted by molar-refractivity contribution is 5.97. The van der Waals surface area contributed by atoms with Gasteiger partial charge in [-0.25, -0.2) is 4.79 Å². The third kappa shape index (κ3) is 4.86. The van der Waals surface area contributed by atoms with E-state index in [1.165, 1.54) is 14.2 Å². The molecule has 30 heavy (non-hydrogen) atoms. The fraction of sp³-hybridized carbons (Fsp3) is 0.591. The van der Waals surface area contributed by atoms with E-state index in [0.29, 0.717) is 36.6 Å². The lowest BCUT2D eigenvalue weighted by Gasteiger charge is -2.34. The Morgan fingerprint density at radius 3 is 2.50 bits per heavy atom. The van der Waals surface area contributed by atoms with Crippen molar-refractivity contribution in [2.45, 2.75) is 51.2 Å². The van der Waals surface area contributed by atoms with Crippen LogP contribution >= 0.6 is 0 Å². The minimum Gasteiger partial charge on any atom is -0.493 e. The zero-order valence-corrected chi connectivity index (χ0v) is 17.9. The first-order chi connectivity index (χ1) is 14.4. The summed E-state index contributed by atoms with van der Waals surface area (Å²) < 4.78 is 16.4. The average Bonchev–Trinajstić information content (AvgIpc) is 2.78. The maximum atomic E-state index is 13.1. The fourth-order valence-electron chi connectivity index (χ4n) is 4.12. The molecule has 0 aromatic heterocycles. The van der Waals surface area contributed by atoms with Crippen molar-refractivity contribution in [3.8, 4) is 11.5 Å². The molecule has 0 bridgehead atoms. The van der Waals surface area contributed by atoms with Crippen molar-refractivity contribution in [3.05, 3.63) is 23.8 Å². The first kappa shape index (κ1) is 21.9. The molecule has 2 heterocycles. The van der Waals surface area contributed by atoms with Crippen molar-refractivity contribution < 1.29 is 28.6 Å². The summed E-state index contributed by atoms with van der Waals surface area (Å²) in [6, 6.07) is 4.49. The Labute approximate surface area is 177 Å². The summed E-state index contributed by atoms with van der Waals surface area (Å²) in [5.41, 5.74) is 0.434. The number of piperidine rings is 2. The number of benzene rings is 1. The molecule has 8 heteroatoms. The molecule has 1 aromatic rings. The van der Waals surface area contributed by atoms with Crippen LogP contribution in [0.5, 0.6) is 11.5 Å². The summed E-state index contributed by atoms with van der Waals surface area (Å²) in [5.74, 6) is 0.413.